The van der Waals surface area contributed by atoms with Gasteiger partial charge in [0.15, 0.2) is 0 Å². The number of carbonyl (C=O) groups excluding carboxylic acids is 2. The molecule has 0 aliphatic carbocycles. The van der Waals surface area contributed by atoms with Crippen LogP contribution in [-0.4, -0.2) is 47.9 Å². The highest BCUT2D eigenvalue weighted by atomic mass is 35.5. The van der Waals surface area contributed by atoms with E-state index >= 15 is 0 Å². The van der Waals surface area contributed by atoms with Crippen LogP contribution in [-0.2, 0) is 28.7 Å². The molecule has 2 aromatic heterocycles. The standard InChI is InChI=1S/C27H18ClF3N4O4S/c28-18-6-5-16(20(11-18)27(29,30)31)14-34-21-7-4-15(9-17(21)13-33-34)10-23-24(36)35(26(39)40-23)22(25(37)38)12-19-3-1-2-8-32-19/h1-11,13,22H,12,14H2,(H,37,38). The molecule has 204 valence electrons. The van der Waals surface area contributed by atoms with E-state index < -0.39 is 34.9 Å². The van der Waals surface area contributed by atoms with Crippen LogP contribution in [0.4, 0.5) is 18.0 Å². The minimum atomic E-state index is -4.59. The molecule has 0 radical (unpaired) electrons. The average molecular weight is 587 g/mol. The largest absolute Gasteiger partial charge is 0.480 e. The second-order valence-corrected chi connectivity index (χ2v) is 10.3. The summed E-state index contributed by atoms with van der Waals surface area (Å²) >= 11 is 6.40. The lowest BCUT2D eigenvalue weighted by molar-refractivity contribution is -0.145. The quantitative estimate of drug-likeness (QED) is 0.269. The van der Waals surface area contributed by atoms with Crippen LogP contribution >= 0.6 is 23.4 Å². The number of thioether (sulfide) groups is 1. The molecule has 1 unspecified atom stereocenters. The normalized spacial score (nSPS) is 15.8. The maximum Gasteiger partial charge on any atom is 0.416 e. The van der Waals surface area contributed by atoms with Crippen LogP contribution in [0.3, 0.4) is 0 Å². The van der Waals surface area contributed by atoms with E-state index in [1.165, 1.54) is 35.3 Å². The summed E-state index contributed by atoms with van der Waals surface area (Å²) in [6.45, 7) is -0.152. The van der Waals surface area contributed by atoms with Crippen molar-refractivity contribution in [3.63, 3.8) is 0 Å². The van der Waals surface area contributed by atoms with Gasteiger partial charge in [0.05, 0.1) is 28.7 Å². The summed E-state index contributed by atoms with van der Waals surface area (Å²) < 4.78 is 42.0. The Labute approximate surface area is 234 Å². The molecular weight excluding hydrogens is 569 g/mol. The van der Waals surface area contributed by atoms with E-state index in [4.69, 9.17) is 11.6 Å². The number of pyridine rings is 1. The van der Waals surface area contributed by atoms with Gasteiger partial charge in [-0.25, -0.2) is 4.79 Å². The Kier molecular flexibility index (Phi) is 7.39. The molecule has 2 amide bonds. The fourth-order valence-electron chi connectivity index (χ4n) is 4.34. The van der Waals surface area contributed by atoms with Gasteiger partial charge >= 0.3 is 12.1 Å². The van der Waals surface area contributed by atoms with Crippen molar-refractivity contribution in [2.45, 2.75) is 25.2 Å². The summed E-state index contributed by atoms with van der Waals surface area (Å²) in [7, 11) is 0. The number of benzene rings is 2. The van der Waals surface area contributed by atoms with Gasteiger partial charge in [0.25, 0.3) is 11.1 Å². The number of alkyl halides is 3. The number of hydrogen-bond donors (Lipinski definition) is 1. The number of fused-ring (bicyclic) bond motifs is 1. The second-order valence-electron chi connectivity index (χ2n) is 8.85. The number of carbonyl (C=O) groups is 3. The molecule has 1 atom stereocenters. The van der Waals surface area contributed by atoms with Gasteiger partial charge in [0.2, 0.25) is 0 Å². The van der Waals surface area contributed by atoms with Crippen molar-refractivity contribution in [3.05, 3.63) is 99.3 Å². The Morgan fingerprint density at radius 3 is 2.62 bits per heavy atom. The maximum absolute atomic E-state index is 13.5. The highest BCUT2D eigenvalue weighted by molar-refractivity contribution is 8.18. The zero-order valence-corrected chi connectivity index (χ0v) is 21.9. The number of carboxylic acid groups (broad SMARTS) is 1. The monoisotopic (exact) mass is 586 g/mol. The molecule has 2 aromatic carbocycles. The van der Waals surface area contributed by atoms with Crippen molar-refractivity contribution in [2.75, 3.05) is 0 Å². The molecule has 1 saturated heterocycles. The zero-order valence-electron chi connectivity index (χ0n) is 20.3. The molecule has 13 heteroatoms. The van der Waals surface area contributed by atoms with E-state index in [0.29, 0.717) is 38.8 Å². The lowest BCUT2D eigenvalue weighted by atomic mass is 10.1. The number of halogens is 4. The molecule has 0 bridgehead atoms. The molecule has 40 heavy (non-hydrogen) atoms. The number of imide groups is 1. The van der Waals surface area contributed by atoms with Crippen molar-refractivity contribution in [3.8, 4) is 0 Å². The molecule has 1 N–H and O–H groups in total. The summed E-state index contributed by atoms with van der Waals surface area (Å²) in [6.07, 6.45) is -0.297. The van der Waals surface area contributed by atoms with E-state index in [0.717, 1.165) is 6.07 Å². The lowest BCUT2D eigenvalue weighted by Crippen LogP contribution is -2.45. The number of carboxylic acids is 1. The molecule has 8 nitrogen and oxygen atoms in total. The average Bonchev–Trinajstić information content (AvgIpc) is 3.42. The van der Waals surface area contributed by atoms with Gasteiger partial charge in [-0.2, -0.15) is 18.3 Å². The van der Waals surface area contributed by atoms with Gasteiger partial charge < -0.3 is 5.11 Å². The molecule has 0 saturated carbocycles. The predicted octanol–water partition coefficient (Wildman–Crippen LogP) is 5.88. The van der Waals surface area contributed by atoms with E-state index in [9.17, 15) is 32.7 Å². The topological polar surface area (TPSA) is 105 Å². The minimum Gasteiger partial charge on any atom is -0.480 e. The van der Waals surface area contributed by atoms with Crippen LogP contribution in [0.5, 0.6) is 0 Å². The van der Waals surface area contributed by atoms with Crippen LogP contribution < -0.4 is 0 Å². The second kappa shape index (κ2) is 10.8. The summed E-state index contributed by atoms with van der Waals surface area (Å²) in [5.41, 5.74) is 0.643. The van der Waals surface area contributed by atoms with Crippen LogP contribution in [0.25, 0.3) is 17.0 Å². The van der Waals surface area contributed by atoms with Gasteiger partial charge in [-0.1, -0.05) is 29.8 Å². The summed E-state index contributed by atoms with van der Waals surface area (Å²) in [6, 6.07) is 12.0. The number of aliphatic carboxylic acids is 1. The maximum atomic E-state index is 13.5. The summed E-state index contributed by atoms with van der Waals surface area (Å²) in [5, 5.41) is 13.8. The van der Waals surface area contributed by atoms with Crippen molar-refractivity contribution < 1.29 is 32.7 Å². The smallest absolute Gasteiger partial charge is 0.416 e. The lowest BCUT2D eigenvalue weighted by Gasteiger charge is -2.21. The number of aromatic nitrogens is 3. The summed E-state index contributed by atoms with van der Waals surface area (Å²) in [5.74, 6) is -2.08. The van der Waals surface area contributed by atoms with Gasteiger partial charge in [-0.05, 0) is 65.4 Å². The first kappa shape index (κ1) is 27.4. The first-order valence-electron chi connectivity index (χ1n) is 11.7. The van der Waals surface area contributed by atoms with Crippen LogP contribution in [0, 0.1) is 0 Å². The molecule has 4 aromatic rings. The van der Waals surface area contributed by atoms with Crippen LogP contribution in [0.15, 0.2) is 71.9 Å². The third kappa shape index (κ3) is 5.58. The Morgan fingerprint density at radius 2 is 1.93 bits per heavy atom. The molecule has 1 fully saturated rings. The molecule has 3 heterocycles. The number of rotatable bonds is 7. The van der Waals surface area contributed by atoms with E-state index in [1.807, 2.05) is 0 Å². The Hall–Kier alpha value is -4.16. The Bertz CT molecular complexity index is 1670. The van der Waals surface area contributed by atoms with Crippen molar-refractivity contribution in [2.24, 2.45) is 0 Å². The number of nitrogens with zero attached hydrogens (tertiary/aromatic N) is 4. The van der Waals surface area contributed by atoms with E-state index in [1.54, 1.807) is 36.4 Å². The van der Waals surface area contributed by atoms with Crippen LogP contribution in [0.2, 0.25) is 5.02 Å². The summed E-state index contributed by atoms with van der Waals surface area (Å²) in [4.78, 5) is 42.5. The minimum absolute atomic E-state index is 0.00154. The van der Waals surface area contributed by atoms with Crippen molar-refractivity contribution in [1.82, 2.24) is 19.7 Å². The fourth-order valence-corrected chi connectivity index (χ4v) is 5.39. The van der Waals surface area contributed by atoms with Crippen molar-refractivity contribution in [1.29, 1.82) is 0 Å². The van der Waals surface area contributed by atoms with Gasteiger partial charge in [0.1, 0.15) is 6.04 Å². The molecule has 5 rings (SSSR count). The SMILES string of the molecule is O=C(O)C(Cc1ccccn1)N1C(=O)SC(=Cc2ccc3c(cnn3Cc3ccc(Cl)cc3C(F)(F)F)c2)C1=O. The number of amides is 2. The van der Waals surface area contributed by atoms with E-state index in [-0.39, 0.29) is 28.5 Å². The molecular formula is C27H18ClF3N4O4S. The molecule has 1 aliphatic heterocycles. The van der Waals surface area contributed by atoms with Crippen LogP contribution in [0.1, 0.15) is 22.4 Å². The third-order valence-corrected chi connectivity index (χ3v) is 7.33. The third-order valence-electron chi connectivity index (χ3n) is 6.21. The molecule has 1 aliphatic rings. The van der Waals surface area contributed by atoms with Gasteiger partial charge in [-0.3, -0.25) is 24.2 Å². The van der Waals surface area contributed by atoms with Gasteiger partial charge in [0, 0.05) is 28.7 Å². The van der Waals surface area contributed by atoms with Gasteiger partial charge in [-0.15, -0.1) is 0 Å². The zero-order chi connectivity index (χ0) is 28.6. The highest BCUT2D eigenvalue weighted by Crippen LogP contribution is 2.36. The molecule has 0 spiro atoms. The number of hydrogen-bond acceptors (Lipinski definition) is 6. The predicted molar refractivity (Wildman–Crippen MR) is 142 cm³/mol. The van der Waals surface area contributed by atoms with Crippen molar-refractivity contribution >= 4 is 57.5 Å². The van der Waals surface area contributed by atoms with E-state index in [2.05, 4.69) is 10.1 Å². The fraction of sp³-hybridized carbons (Fsp3) is 0.148. The Balaban J connectivity index is 1.39. The highest BCUT2D eigenvalue weighted by Gasteiger charge is 2.43. The first-order chi connectivity index (χ1) is 19.0. The first-order valence-corrected chi connectivity index (χ1v) is 12.9. The Morgan fingerprint density at radius 1 is 1.12 bits per heavy atom.